The lowest BCUT2D eigenvalue weighted by molar-refractivity contribution is 0.308. The van der Waals surface area contributed by atoms with Gasteiger partial charge in [-0.3, -0.25) is 0 Å². The molecule has 1 N–H and O–H groups in total. The zero-order chi connectivity index (χ0) is 14.2. The molecule has 0 saturated heterocycles. The molecule has 0 unspecified atom stereocenters. The summed E-state index contributed by atoms with van der Waals surface area (Å²) >= 11 is 3.41. The minimum Gasteiger partial charge on any atom is -0.494 e. The largest absolute Gasteiger partial charge is 0.494 e. The van der Waals surface area contributed by atoms with Crippen LogP contribution in [-0.4, -0.2) is 13.2 Å². The SMILES string of the molecule is Fc1ccc(Br)c(CNCCCOc2ccccc2)c1. The second kappa shape index (κ2) is 8.02. The van der Waals surface area contributed by atoms with E-state index in [0.29, 0.717) is 13.2 Å². The van der Waals surface area contributed by atoms with Gasteiger partial charge in [-0.25, -0.2) is 4.39 Å². The maximum atomic E-state index is 13.1. The summed E-state index contributed by atoms with van der Waals surface area (Å²) in [5.41, 5.74) is 0.925. The molecule has 2 aromatic rings. The molecule has 0 atom stereocenters. The number of rotatable bonds is 7. The van der Waals surface area contributed by atoms with E-state index >= 15 is 0 Å². The molecular formula is C16H17BrFNO. The maximum absolute atomic E-state index is 13.1. The van der Waals surface area contributed by atoms with E-state index in [0.717, 1.165) is 28.8 Å². The van der Waals surface area contributed by atoms with Crippen LogP contribution in [-0.2, 0) is 6.54 Å². The third-order valence-corrected chi connectivity index (χ3v) is 3.61. The standard InChI is InChI=1S/C16H17BrFNO/c17-16-8-7-14(18)11-13(16)12-19-9-4-10-20-15-5-2-1-3-6-15/h1-3,5-8,11,19H,4,9-10,12H2. The summed E-state index contributed by atoms with van der Waals surface area (Å²) in [5.74, 6) is 0.679. The van der Waals surface area contributed by atoms with Gasteiger partial charge in [-0.15, -0.1) is 0 Å². The summed E-state index contributed by atoms with van der Waals surface area (Å²) in [6, 6.07) is 14.5. The summed E-state index contributed by atoms with van der Waals surface area (Å²) in [5, 5.41) is 3.28. The molecule has 0 heterocycles. The van der Waals surface area contributed by atoms with Gasteiger partial charge < -0.3 is 10.1 Å². The average molecular weight is 338 g/mol. The molecule has 2 aromatic carbocycles. The first kappa shape index (κ1) is 15.0. The Balaban J connectivity index is 1.63. The first-order chi connectivity index (χ1) is 9.75. The monoisotopic (exact) mass is 337 g/mol. The molecule has 0 spiro atoms. The Morgan fingerprint density at radius 1 is 1.10 bits per heavy atom. The van der Waals surface area contributed by atoms with Gasteiger partial charge in [0.1, 0.15) is 11.6 Å². The van der Waals surface area contributed by atoms with Crippen LogP contribution in [0.15, 0.2) is 53.0 Å². The van der Waals surface area contributed by atoms with Crippen molar-refractivity contribution >= 4 is 15.9 Å². The van der Waals surface area contributed by atoms with Crippen LogP contribution in [0.1, 0.15) is 12.0 Å². The topological polar surface area (TPSA) is 21.3 Å². The normalized spacial score (nSPS) is 10.5. The third kappa shape index (κ3) is 4.94. The molecule has 0 aliphatic heterocycles. The zero-order valence-electron chi connectivity index (χ0n) is 11.1. The van der Waals surface area contributed by atoms with E-state index in [1.807, 2.05) is 30.3 Å². The number of halogens is 2. The van der Waals surface area contributed by atoms with Crippen LogP contribution in [0.3, 0.4) is 0 Å². The van der Waals surface area contributed by atoms with Gasteiger partial charge >= 0.3 is 0 Å². The Labute approximate surface area is 127 Å². The highest BCUT2D eigenvalue weighted by Crippen LogP contribution is 2.17. The Morgan fingerprint density at radius 3 is 2.70 bits per heavy atom. The number of nitrogens with one attached hydrogen (secondary N) is 1. The molecule has 2 nitrogen and oxygen atoms in total. The number of hydrogen-bond acceptors (Lipinski definition) is 2. The van der Waals surface area contributed by atoms with Crippen molar-refractivity contribution in [3.8, 4) is 5.75 Å². The Hall–Kier alpha value is -1.39. The van der Waals surface area contributed by atoms with Crippen LogP contribution in [0.25, 0.3) is 0 Å². The molecule has 106 valence electrons. The van der Waals surface area contributed by atoms with E-state index in [-0.39, 0.29) is 5.82 Å². The zero-order valence-corrected chi connectivity index (χ0v) is 12.7. The Kier molecular flexibility index (Phi) is 6.02. The van der Waals surface area contributed by atoms with Gasteiger partial charge in [0.15, 0.2) is 0 Å². The predicted molar refractivity (Wildman–Crippen MR) is 82.4 cm³/mol. The quantitative estimate of drug-likeness (QED) is 0.766. The first-order valence-corrected chi connectivity index (χ1v) is 7.37. The van der Waals surface area contributed by atoms with Crippen molar-refractivity contribution in [2.24, 2.45) is 0 Å². The van der Waals surface area contributed by atoms with Crippen LogP contribution < -0.4 is 10.1 Å². The smallest absolute Gasteiger partial charge is 0.123 e. The fourth-order valence-corrected chi connectivity index (χ4v) is 2.19. The van der Waals surface area contributed by atoms with Crippen molar-refractivity contribution in [2.75, 3.05) is 13.2 Å². The summed E-state index contributed by atoms with van der Waals surface area (Å²) in [6.07, 6.45) is 0.905. The van der Waals surface area contributed by atoms with Crippen molar-refractivity contribution in [3.05, 3.63) is 64.4 Å². The minimum atomic E-state index is -0.211. The van der Waals surface area contributed by atoms with E-state index in [1.165, 1.54) is 12.1 Å². The molecule has 0 aliphatic carbocycles. The van der Waals surface area contributed by atoms with Gasteiger partial charge in [-0.2, -0.15) is 0 Å². The van der Waals surface area contributed by atoms with Crippen molar-refractivity contribution in [1.29, 1.82) is 0 Å². The van der Waals surface area contributed by atoms with E-state index in [4.69, 9.17) is 4.74 Å². The highest BCUT2D eigenvalue weighted by atomic mass is 79.9. The predicted octanol–water partition coefficient (Wildman–Crippen LogP) is 4.15. The van der Waals surface area contributed by atoms with Crippen LogP contribution in [0.2, 0.25) is 0 Å². The lowest BCUT2D eigenvalue weighted by Gasteiger charge is -2.08. The van der Waals surface area contributed by atoms with E-state index in [9.17, 15) is 4.39 Å². The number of para-hydroxylation sites is 1. The van der Waals surface area contributed by atoms with Gasteiger partial charge in [0.25, 0.3) is 0 Å². The van der Waals surface area contributed by atoms with Gasteiger partial charge in [-0.1, -0.05) is 34.1 Å². The molecule has 0 radical (unpaired) electrons. The van der Waals surface area contributed by atoms with E-state index < -0.39 is 0 Å². The number of benzene rings is 2. The summed E-state index contributed by atoms with van der Waals surface area (Å²) in [4.78, 5) is 0. The van der Waals surface area contributed by atoms with Crippen molar-refractivity contribution in [1.82, 2.24) is 5.32 Å². The lowest BCUT2D eigenvalue weighted by Crippen LogP contribution is -2.17. The Morgan fingerprint density at radius 2 is 1.90 bits per heavy atom. The van der Waals surface area contributed by atoms with Gasteiger partial charge in [0, 0.05) is 11.0 Å². The summed E-state index contributed by atoms with van der Waals surface area (Å²) in [7, 11) is 0. The lowest BCUT2D eigenvalue weighted by atomic mass is 10.2. The highest BCUT2D eigenvalue weighted by molar-refractivity contribution is 9.10. The maximum Gasteiger partial charge on any atom is 0.123 e. The second-order valence-corrected chi connectivity index (χ2v) is 5.28. The molecule has 0 aliphatic rings. The fourth-order valence-electron chi connectivity index (χ4n) is 1.81. The Bertz CT molecular complexity index is 533. The van der Waals surface area contributed by atoms with Crippen molar-refractivity contribution in [2.45, 2.75) is 13.0 Å². The highest BCUT2D eigenvalue weighted by Gasteiger charge is 2.01. The fraction of sp³-hybridized carbons (Fsp3) is 0.250. The van der Waals surface area contributed by atoms with Gasteiger partial charge in [0.05, 0.1) is 6.61 Å². The summed E-state index contributed by atoms with van der Waals surface area (Å²) < 4.78 is 19.6. The van der Waals surface area contributed by atoms with Crippen LogP contribution in [0, 0.1) is 5.82 Å². The van der Waals surface area contributed by atoms with Crippen molar-refractivity contribution in [3.63, 3.8) is 0 Å². The van der Waals surface area contributed by atoms with Crippen LogP contribution >= 0.6 is 15.9 Å². The van der Waals surface area contributed by atoms with Crippen LogP contribution in [0.4, 0.5) is 4.39 Å². The molecule has 4 heteroatoms. The first-order valence-electron chi connectivity index (χ1n) is 6.58. The molecule has 0 fully saturated rings. The molecular weight excluding hydrogens is 321 g/mol. The molecule has 0 aromatic heterocycles. The molecule has 20 heavy (non-hydrogen) atoms. The number of ether oxygens (including phenoxy) is 1. The third-order valence-electron chi connectivity index (χ3n) is 2.83. The van der Waals surface area contributed by atoms with Gasteiger partial charge in [0.2, 0.25) is 0 Å². The summed E-state index contributed by atoms with van der Waals surface area (Å²) in [6.45, 7) is 2.14. The average Bonchev–Trinajstić information content (AvgIpc) is 2.47. The van der Waals surface area contributed by atoms with Crippen molar-refractivity contribution < 1.29 is 9.13 Å². The second-order valence-electron chi connectivity index (χ2n) is 4.43. The molecule has 2 rings (SSSR count). The molecule has 0 bridgehead atoms. The van der Waals surface area contributed by atoms with E-state index in [2.05, 4.69) is 21.2 Å². The van der Waals surface area contributed by atoms with E-state index in [1.54, 1.807) is 6.07 Å². The minimum absolute atomic E-state index is 0.211. The van der Waals surface area contributed by atoms with Crippen LogP contribution in [0.5, 0.6) is 5.75 Å². The molecule has 0 saturated carbocycles. The number of hydrogen-bond donors (Lipinski definition) is 1. The van der Waals surface area contributed by atoms with Gasteiger partial charge in [-0.05, 0) is 48.9 Å². The molecule has 0 amide bonds.